The van der Waals surface area contributed by atoms with E-state index in [1.165, 1.54) is 0 Å². The molecule has 0 aliphatic heterocycles. The average molecular weight is 215 g/mol. The number of carboxylic acid groups (broad SMARTS) is 1. The summed E-state index contributed by atoms with van der Waals surface area (Å²) in [6.45, 7) is 0. The van der Waals surface area contributed by atoms with Gasteiger partial charge in [-0.25, -0.2) is 0 Å². The molecule has 1 saturated carbocycles. The molecular weight excluding hydrogens is 202 g/mol. The molecule has 1 aliphatic rings. The van der Waals surface area contributed by atoms with Gasteiger partial charge in [0.1, 0.15) is 0 Å². The van der Waals surface area contributed by atoms with Gasteiger partial charge in [-0.3, -0.25) is 4.79 Å². The van der Waals surface area contributed by atoms with E-state index >= 15 is 0 Å². The van der Waals surface area contributed by atoms with E-state index in [0.29, 0.717) is 18.4 Å². The van der Waals surface area contributed by atoms with Crippen LogP contribution in [-0.4, -0.2) is 11.1 Å². The number of aliphatic carboxylic acids is 1. The summed E-state index contributed by atoms with van der Waals surface area (Å²) < 4.78 is 0. The number of carboxylic acids is 1. The van der Waals surface area contributed by atoms with Crippen LogP contribution in [0.2, 0.25) is 0 Å². The van der Waals surface area contributed by atoms with Crippen LogP contribution < -0.4 is 0 Å². The van der Waals surface area contributed by atoms with E-state index in [9.17, 15) is 9.90 Å². The maximum absolute atomic E-state index is 11.4. The van der Waals surface area contributed by atoms with Crippen molar-refractivity contribution in [3.63, 3.8) is 0 Å². The van der Waals surface area contributed by atoms with E-state index in [0.717, 1.165) is 18.4 Å². The van der Waals surface area contributed by atoms with Crippen molar-refractivity contribution in [2.24, 2.45) is 0 Å². The molecule has 0 spiro atoms. The van der Waals surface area contributed by atoms with Gasteiger partial charge in [0.2, 0.25) is 0 Å². The number of rotatable bonds is 2. The Labute approximate surface area is 94.3 Å². The van der Waals surface area contributed by atoms with Crippen LogP contribution in [0, 0.1) is 11.3 Å². The van der Waals surface area contributed by atoms with Gasteiger partial charge in [-0.15, -0.1) is 0 Å². The monoisotopic (exact) mass is 215 g/mol. The van der Waals surface area contributed by atoms with Gasteiger partial charge in [-0.2, -0.15) is 5.26 Å². The lowest BCUT2D eigenvalue weighted by Crippen LogP contribution is -2.32. The smallest absolute Gasteiger partial charge is 0.314 e. The van der Waals surface area contributed by atoms with Crippen molar-refractivity contribution in [2.75, 3.05) is 0 Å². The highest BCUT2D eigenvalue weighted by atomic mass is 16.4. The molecule has 1 N–H and O–H groups in total. The molecule has 1 fully saturated rings. The summed E-state index contributed by atoms with van der Waals surface area (Å²) in [4.78, 5) is 11.4. The fourth-order valence-electron chi connectivity index (χ4n) is 2.49. The second-order valence-electron chi connectivity index (χ2n) is 4.29. The summed E-state index contributed by atoms with van der Waals surface area (Å²) in [5.74, 6) is -0.764. The predicted molar refractivity (Wildman–Crippen MR) is 58.9 cm³/mol. The molecule has 0 aromatic heterocycles. The Morgan fingerprint density at radius 2 is 2.06 bits per heavy atom. The van der Waals surface area contributed by atoms with Crippen LogP contribution in [0.3, 0.4) is 0 Å². The Bertz CT molecular complexity index is 453. The van der Waals surface area contributed by atoms with Gasteiger partial charge < -0.3 is 5.11 Å². The Morgan fingerprint density at radius 3 is 2.62 bits per heavy atom. The zero-order chi connectivity index (χ0) is 11.6. The van der Waals surface area contributed by atoms with E-state index in [2.05, 4.69) is 6.07 Å². The molecule has 0 bridgehead atoms. The molecule has 0 saturated heterocycles. The molecule has 0 radical (unpaired) electrons. The maximum atomic E-state index is 11.4. The van der Waals surface area contributed by atoms with Crippen molar-refractivity contribution in [1.29, 1.82) is 5.26 Å². The summed E-state index contributed by atoms with van der Waals surface area (Å²) in [7, 11) is 0. The second kappa shape index (κ2) is 3.97. The summed E-state index contributed by atoms with van der Waals surface area (Å²) in [5, 5.41) is 18.2. The Hall–Kier alpha value is -1.82. The third-order valence-corrected chi connectivity index (χ3v) is 3.41. The molecule has 82 valence electrons. The Morgan fingerprint density at radius 1 is 1.38 bits per heavy atom. The van der Waals surface area contributed by atoms with E-state index in [4.69, 9.17) is 5.26 Å². The lowest BCUT2D eigenvalue weighted by Gasteiger charge is -2.24. The van der Waals surface area contributed by atoms with Crippen molar-refractivity contribution in [3.8, 4) is 6.07 Å². The highest BCUT2D eigenvalue weighted by molar-refractivity contribution is 5.82. The van der Waals surface area contributed by atoms with Crippen molar-refractivity contribution >= 4 is 5.97 Å². The van der Waals surface area contributed by atoms with Gasteiger partial charge >= 0.3 is 5.97 Å². The van der Waals surface area contributed by atoms with Gasteiger partial charge in [0, 0.05) is 0 Å². The molecule has 0 atom stereocenters. The minimum absolute atomic E-state index is 0.532. The van der Waals surface area contributed by atoms with Gasteiger partial charge in [0.25, 0.3) is 0 Å². The summed E-state index contributed by atoms with van der Waals surface area (Å²) in [5.41, 5.74) is 0.550. The summed E-state index contributed by atoms with van der Waals surface area (Å²) in [6, 6.07) is 9.04. The average Bonchev–Trinajstić information content (AvgIpc) is 2.79. The third-order valence-electron chi connectivity index (χ3n) is 3.41. The molecule has 1 aromatic rings. The highest BCUT2D eigenvalue weighted by Gasteiger charge is 2.42. The fraction of sp³-hybridized carbons (Fsp3) is 0.385. The van der Waals surface area contributed by atoms with E-state index in [-0.39, 0.29) is 0 Å². The van der Waals surface area contributed by atoms with Crippen molar-refractivity contribution in [2.45, 2.75) is 31.1 Å². The summed E-state index contributed by atoms with van der Waals surface area (Å²) >= 11 is 0. The van der Waals surface area contributed by atoms with Crippen molar-refractivity contribution < 1.29 is 9.90 Å². The van der Waals surface area contributed by atoms with Crippen LogP contribution >= 0.6 is 0 Å². The highest BCUT2D eigenvalue weighted by Crippen LogP contribution is 2.41. The van der Waals surface area contributed by atoms with Crippen LogP contribution in [-0.2, 0) is 10.2 Å². The molecule has 0 unspecified atom stereocenters. The van der Waals surface area contributed by atoms with E-state index < -0.39 is 11.4 Å². The number of carbonyl (C=O) groups is 1. The van der Waals surface area contributed by atoms with Crippen LogP contribution in [0.4, 0.5) is 0 Å². The fourth-order valence-corrected chi connectivity index (χ4v) is 2.49. The molecule has 16 heavy (non-hydrogen) atoms. The topological polar surface area (TPSA) is 61.1 Å². The third kappa shape index (κ3) is 1.57. The lowest BCUT2D eigenvalue weighted by atomic mass is 9.78. The number of hydrogen-bond donors (Lipinski definition) is 1. The van der Waals surface area contributed by atoms with Gasteiger partial charge in [-0.05, 0) is 30.5 Å². The normalized spacial score (nSPS) is 17.9. The number of hydrogen-bond acceptors (Lipinski definition) is 2. The van der Waals surface area contributed by atoms with Gasteiger partial charge in [-0.1, -0.05) is 25.0 Å². The first-order chi connectivity index (χ1) is 7.69. The zero-order valence-electron chi connectivity index (χ0n) is 8.94. The van der Waals surface area contributed by atoms with E-state index in [1.54, 1.807) is 18.2 Å². The van der Waals surface area contributed by atoms with Gasteiger partial charge in [0.15, 0.2) is 0 Å². The molecule has 0 amide bonds. The van der Waals surface area contributed by atoms with Crippen LogP contribution in [0.1, 0.15) is 36.8 Å². The van der Waals surface area contributed by atoms with Crippen LogP contribution in [0.25, 0.3) is 0 Å². The quantitative estimate of drug-likeness (QED) is 0.824. The van der Waals surface area contributed by atoms with E-state index in [1.807, 2.05) is 6.07 Å². The maximum Gasteiger partial charge on any atom is 0.314 e. The predicted octanol–water partition coefficient (Wildman–Crippen LogP) is 2.45. The SMILES string of the molecule is N#Cc1cccc(C2(C(=O)O)CCCC2)c1. The van der Waals surface area contributed by atoms with Crippen molar-refractivity contribution in [3.05, 3.63) is 35.4 Å². The number of nitriles is 1. The summed E-state index contributed by atoms with van der Waals surface area (Å²) in [6.07, 6.45) is 3.25. The first-order valence-corrected chi connectivity index (χ1v) is 5.43. The molecule has 2 rings (SSSR count). The number of nitrogens with zero attached hydrogens (tertiary/aromatic N) is 1. The second-order valence-corrected chi connectivity index (χ2v) is 4.29. The molecular formula is C13H13NO2. The Kier molecular flexibility index (Phi) is 2.66. The molecule has 3 nitrogen and oxygen atoms in total. The molecule has 0 heterocycles. The largest absolute Gasteiger partial charge is 0.481 e. The van der Waals surface area contributed by atoms with Crippen LogP contribution in [0.15, 0.2) is 24.3 Å². The van der Waals surface area contributed by atoms with Gasteiger partial charge in [0.05, 0.1) is 17.0 Å². The first kappa shape index (κ1) is 10.7. The lowest BCUT2D eigenvalue weighted by molar-refractivity contribution is -0.143. The zero-order valence-corrected chi connectivity index (χ0v) is 8.94. The first-order valence-electron chi connectivity index (χ1n) is 5.43. The Balaban J connectivity index is 2.48. The molecule has 1 aromatic carbocycles. The minimum atomic E-state index is -0.764. The standard InChI is InChI=1S/C13H13NO2/c14-9-10-4-3-5-11(8-10)13(12(15)16)6-1-2-7-13/h3-5,8H,1-2,6-7H2,(H,15,16). The van der Waals surface area contributed by atoms with Crippen molar-refractivity contribution in [1.82, 2.24) is 0 Å². The molecule has 1 aliphatic carbocycles. The number of benzene rings is 1. The molecule has 3 heteroatoms. The van der Waals surface area contributed by atoms with Crippen LogP contribution in [0.5, 0.6) is 0 Å². The minimum Gasteiger partial charge on any atom is -0.481 e.